The summed E-state index contributed by atoms with van der Waals surface area (Å²) in [5, 5.41) is 0. The van der Waals surface area contributed by atoms with E-state index in [1.54, 1.807) is 0 Å². The molecule has 0 aliphatic heterocycles. The fourth-order valence-electron chi connectivity index (χ4n) is 1.66. The number of hydrogen-bond donors (Lipinski definition) is 0. The van der Waals surface area contributed by atoms with Crippen molar-refractivity contribution in [2.75, 3.05) is 19.6 Å². The van der Waals surface area contributed by atoms with Crippen molar-refractivity contribution in [3.63, 3.8) is 0 Å². The smallest absolute Gasteiger partial charge is 0.00188 e. The predicted octanol–water partition coefficient (Wildman–Crippen LogP) is 4.18. The first-order chi connectivity index (χ1) is 6.74. The summed E-state index contributed by atoms with van der Waals surface area (Å²) in [5.41, 5.74) is 0.858. The van der Waals surface area contributed by atoms with Gasteiger partial charge < -0.3 is 4.90 Å². The van der Waals surface area contributed by atoms with Crippen LogP contribution in [0.2, 0.25) is 0 Å². The summed E-state index contributed by atoms with van der Waals surface area (Å²) in [5.74, 6) is 0. The molecule has 0 saturated heterocycles. The van der Waals surface area contributed by atoms with Gasteiger partial charge in [-0.25, -0.2) is 0 Å². The molecule has 0 aromatic heterocycles. The highest BCUT2D eigenvalue weighted by Crippen LogP contribution is 2.41. The minimum Gasteiger partial charge on any atom is -0.304 e. The third kappa shape index (κ3) is 5.01. The Balaban J connectivity index is 3.95. The van der Waals surface area contributed by atoms with Gasteiger partial charge in [0.25, 0.3) is 0 Å². The Morgan fingerprint density at radius 3 is 1.67 bits per heavy atom. The van der Waals surface area contributed by atoms with Crippen molar-refractivity contribution >= 4 is 0 Å². The van der Waals surface area contributed by atoms with Gasteiger partial charge in [-0.2, -0.15) is 0 Å². The first-order valence-corrected chi connectivity index (χ1v) is 6.47. The van der Waals surface area contributed by atoms with E-state index in [4.69, 9.17) is 0 Å². The van der Waals surface area contributed by atoms with Gasteiger partial charge in [0.05, 0.1) is 0 Å². The molecule has 0 fully saturated rings. The van der Waals surface area contributed by atoms with E-state index in [1.165, 1.54) is 32.5 Å². The van der Waals surface area contributed by atoms with E-state index in [-0.39, 0.29) is 0 Å². The largest absolute Gasteiger partial charge is 0.304 e. The van der Waals surface area contributed by atoms with Gasteiger partial charge in [0, 0.05) is 0 Å². The van der Waals surface area contributed by atoms with Crippen molar-refractivity contribution in [2.24, 2.45) is 10.8 Å². The van der Waals surface area contributed by atoms with E-state index in [9.17, 15) is 0 Å². The van der Waals surface area contributed by atoms with Gasteiger partial charge in [-0.3, -0.25) is 0 Å². The minimum absolute atomic E-state index is 0.413. The Labute approximate surface area is 97.2 Å². The summed E-state index contributed by atoms with van der Waals surface area (Å²) in [4.78, 5) is 2.51. The summed E-state index contributed by atoms with van der Waals surface area (Å²) in [6.45, 7) is 20.0. The molecule has 0 bridgehead atoms. The fourth-order valence-corrected chi connectivity index (χ4v) is 1.66. The molecule has 0 unspecified atom stereocenters. The van der Waals surface area contributed by atoms with Crippen molar-refractivity contribution in [1.82, 2.24) is 4.90 Å². The Morgan fingerprint density at radius 1 is 0.867 bits per heavy atom. The lowest BCUT2D eigenvalue weighted by Gasteiger charge is -2.39. The van der Waals surface area contributed by atoms with Gasteiger partial charge in [-0.05, 0) is 43.3 Å². The van der Waals surface area contributed by atoms with Gasteiger partial charge in [-0.15, -0.1) is 0 Å². The SMILES string of the molecule is CCN(CC)CCCC(C)(C)C(C)(C)C. The highest BCUT2D eigenvalue weighted by atomic mass is 15.1. The van der Waals surface area contributed by atoms with E-state index in [0.717, 1.165) is 0 Å². The maximum Gasteiger partial charge on any atom is -0.00188 e. The van der Waals surface area contributed by atoms with Gasteiger partial charge in [0.1, 0.15) is 0 Å². The Bertz CT molecular complexity index is 161. The summed E-state index contributed by atoms with van der Waals surface area (Å²) < 4.78 is 0. The standard InChI is InChI=1S/C14H31N/c1-8-15(9-2)12-10-11-14(6,7)13(3,4)5/h8-12H2,1-7H3. The van der Waals surface area contributed by atoms with E-state index in [0.29, 0.717) is 10.8 Å². The summed E-state index contributed by atoms with van der Waals surface area (Å²) >= 11 is 0. The summed E-state index contributed by atoms with van der Waals surface area (Å²) in [6.07, 6.45) is 2.65. The maximum atomic E-state index is 2.51. The quantitative estimate of drug-likeness (QED) is 0.640. The molecule has 0 spiro atoms. The normalized spacial score (nSPS) is 13.6. The summed E-state index contributed by atoms with van der Waals surface area (Å²) in [7, 11) is 0. The van der Waals surface area contributed by atoms with Crippen molar-refractivity contribution in [2.45, 2.75) is 61.3 Å². The van der Waals surface area contributed by atoms with Gasteiger partial charge in [-0.1, -0.05) is 48.5 Å². The predicted molar refractivity (Wildman–Crippen MR) is 70.3 cm³/mol. The van der Waals surface area contributed by atoms with Crippen molar-refractivity contribution in [3.8, 4) is 0 Å². The molecule has 1 heteroatoms. The van der Waals surface area contributed by atoms with Crippen LogP contribution in [0.1, 0.15) is 61.3 Å². The molecule has 0 radical (unpaired) electrons. The highest BCUT2D eigenvalue weighted by molar-refractivity contribution is 4.82. The molecule has 1 nitrogen and oxygen atoms in total. The summed E-state index contributed by atoms with van der Waals surface area (Å²) in [6, 6.07) is 0. The molecule has 0 atom stereocenters. The molecule has 0 aliphatic carbocycles. The second-order valence-electron chi connectivity index (χ2n) is 6.26. The average Bonchev–Trinajstić information content (AvgIpc) is 2.10. The Morgan fingerprint density at radius 2 is 1.33 bits per heavy atom. The first-order valence-electron chi connectivity index (χ1n) is 6.47. The molecule has 0 amide bonds. The van der Waals surface area contributed by atoms with Gasteiger partial charge in [0.2, 0.25) is 0 Å². The van der Waals surface area contributed by atoms with Crippen LogP contribution < -0.4 is 0 Å². The second-order valence-corrected chi connectivity index (χ2v) is 6.26. The maximum absolute atomic E-state index is 2.51. The molecule has 0 aliphatic rings. The van der Waals surface area contributed by atoms with Crippen LogP contribution in [0, 0.1) is 10.8 Å². The van der Waals surface area contributed by atoms with Gasteiger partial charge >= 0.3 is 0 Å². The number of hydrogen-bond acceptors (Lipinski definition) is 1. The molecule has 0 N–H and O–H groups in total. The third-order valence-corrected chi connectivity index (χ3v) is 4.20. The molecule has 0 aromatic carbocycles. The molecular formula is C14H31N. The van der Waals surface area contributed by atoms with E-state index in [2.05, 4.69) is 53.4 Å². The van der Waals surface area contributed by atoms with Crippen LogP contribution in [-0.2, 0) is 0 Å². The van der Waals surface area contributed by atoms with Crippen LogP contribution in [0.15, 0.2) is 0 Å². The van der Waals surface area contributed by atoms with Crippen LogP contribution in [-0.4, -0.2) is 24.5 Å². The highest BCUT2D eigenvalue weighted by Gasteiger charge is 2.31. The molecule has 92 valence electrons. The van der Waals surface area contributed by atoms with Crippen LogP contribution in [0.3, 0.4) is 0 Å². The third-order valence-electron chi connectivity index (χ3n) is 4.20. The zero-order valence-corrected chi connectivity index (χ0v) is 12.0. The monoisotopic (exact) mass is 213 g/mol. The lowest BCUT2D eigenvalue weighted by atomic mass is 9.67. The van der Waals surface area contributed by atoms with Crippen molar-refractivity contribution in [3.05, 3.63) is 0 Å². The molecular weight excluding hydrogens is 182 g/mol. The number of rotatable bonds is 6. The van der Waals surface area contributed by atoms with Crippen molar-refractivity contribution < 1.29 is 0 Å². The topological polar surface area (TPSA) is 3.24 Å². The zero-order chi connectivity index (χ0) is 12.1. The minimum atomic E-state index is 0.413. The van der Waals surface area contributed by atoms with Crippen LogP contribution in [0.25, 0.3) is 0 Å². The van der Waals surface area contributed by atoms with E-state index >= 15 is 0 Å². The first kappa shape index (κ1) is 15.0. The number of nitrogens with zero attached hydrogens (tertiary/aromatic N) is 1. The van der Waals surface area contributed by atoms with Crippen molar-refractivity contribution in [1.29, 1.82) is 0 Å². The van der Waals surface area contributed by atoms with E-state index in [1.807, 2.05) is 0 Å². The molecule has 0 rings (SSSR count). The van der Waals surface area contributed by atoms with Crippen LogP contribution in [0.5, 0.6) is 0 Å². The fraction of sp³-hybridized carbons (Fsp3) is 1.00. The van der Waals surface area contributed by atoms with Crippen LogP contribution >= 0.6 is 0 Å². The van der Waals surface area contributed by atoms with E-state index < -0.39 is 0 Å². The molecule has 0 heterocycles. The van der Waals surface area contributed by atoms with Gasteiger partial charge in [0.15, 0.2) is 0 Å². The zero-order valence-electron chi connectivity index (χ0n) is 12.0. The second kappa shape index (κ2) is 5.89. The Kier molecular flexibility index (Phi) is 5.87. The lowest BCUT2D eigenvalue weighted by Crippen LogP contribution is -2.31. The lowest BCUT2D eigenvalue weighted by molar-refractivity contribution is 0.111. The van der Waals surface area contributed by atoms with Crippen LogP contribution in [0.4, 0.5) is 0 Å². The molecule has 0 aromatic rings. The molecule has 15 heavy (non-hydrogen) atoms. The molecule has 0 saturated carbocycles. The Hall–Kier alpha value is -0.0400. The average molecular weight is 213 g/mol.